The molecule has 3 nitrogen and oxygen atoms in total. The number of thiophene rings is 1. The molecule has 1 aliphatic heterocycles. The Morgan fingerprint density at radius 3 is 3.00 bits per heavy atom. The molecule has 0 unspecified atom stereocenters. The Hall–Kier alpha value is -1.16. The molecule has 2 aliphatic rings. The smallest absolute Gasteiger partial charge is 0.141 e. The lowest BCUT2D eigenvalue weighted by atomic mass is 9.85. The maximum Gasteiger partial charge on any atom is 0.141 e. The van der Waals surface area contributed by atoms with Crippen molar-refractivity contribution in [2.45, 2.75) is 64.5 Å². The SMILES string of the molecule is CCc1cc2c(N3[C@H](C)C[C@@H]4CCCC[C@H]43)ncnc2s1. The zero-order valence-electron chi connectivity index (χ0n) is 12.9. The van der Waals surface area contributed by atoms with Gasteiger partial charge in [-0.2, -0.15) is 0 Å². The number of hydrogen-bond donors (Lipinski definition) is 0. The van der Waals surface area contributed by atoms with E-state index in [1.54, 1.807) is 6.33 Å². The average Bonchev–Trinajstić information content (AvgIpc) is 3.06. The van der Waals surface area contributed by atoms with E-state index in [1.165, 1.54) is 48.2 Å². The number of nitrogens with zero attached hydrogens (tertiary/aromatic N) is 3. The number of hydrogen-bond acceptors (Lipinski definition) is 4. The normalized spacial score (nSPS) is 29.0. The van der Waals surface area contributed by atoms with Gasteiger partial charge in [-0.25, -0.2) is 9.97 Å². The summed E-state index contributed by atoms with van der Waals surface area (Å²) in [6.07, 6.45) is 9.72. The first-order valence-electron chi connectivity index (χ1n) is 8.29. The summed E-state index contributed by atoms with van der Waals surface area (Å²) in [5, 5.41) is 1.28. The van der Waals surface area contributed by atoms with Gasteiger partial charge < -0.3 is 4.90 Å². The number of rotatable bonds is 2. The lowest BCUT2D eigenvalue weighted by Gasteiger charge is -2.34. The molecule has 0 radical (unpaired) electrons. The van der Waals surface area contributed by atoms with Crippen LogP contribution >= 0.6 is 11.3 Å². The summed E-state index contributed by atoms with van der Waals surface area (Å²) in [6.45, 7) is 4.59. The summed E-state index contributed by atoms with van der Waals surface area (Å²) in [5.74, 6) is 2.07. The van der Waals surface area contributed by atoms with Gasteiger partial charge in [0.05, 0.1) is 5.39 Å². The average molecular weight is 301 g/mol. The molecule has 0 spiro atoms. The molecule has 21 heavy (non-hydrogen) atoms. The quantitative estimate of drug-likeness (QED) is 0.822. The van der Waals surface area contributed by atoms with E-state index in [2.05, 4.69) is 29.8 Å². The third-order valence-corrected chi connectivity index (χ3v) is 6.48. The zero-order chi connectivity index (χ0) is 14.4. The van der Waals surface area contributed by atoms with E-state index in [-0.39, 0.29) is 0 Å². The molecule has 1 saturated carbocycles. The van der Waals surface area contributed by atoms with Crippen LogP contribution in [0.1, 0.15) is 50.8 Å². The zero-order valence-corrected chi connectivity index (χ0v) is 13.7. The molecule has 2 fully saturated rings. The predicted octanol–water partition coefficient (Wildman–Crippen LogP) is 4.41. The van der Waals surface area contributed by atoms with Gasteiger partial charge in [0.1, 0.15) is 17.0 Å². The first-order valence-corrected chi connectivity index (χ1v) is 9.11. The molecule has 1 saturated heterocycles. The molecule has 3 atom stereocenters. The number of aryl methyl sites for hydroxylation is 1. The third-order valence-electron chi connectivity index (χ3n) is 5.30. The van der Waals surface area contributed by atoms with E-state index < -0.39 is 0 Å². The van der Waals surface area contributed by atoms with E-state index in [1.807, 2.05) is 11.3 Å². The van der Waals surface area contributed by atoms with E-state index in [0.717, 1.165) is 17.2 Å². The van der Waals surface area contributed by atoms with Gasteiger partial charge in [-0.1, -0.05) is 19.8 Å². The highest BCUT2D eigenvalue weighted by Gasteiger charge is 2.41. The Balaban J connectivity index is 1.79. The molecule has 0 aromatic carbocycles. The van der Waals surface area contributed by atoms with Gasteiger partial charge in [0.2, 0.25) is 0 Å². The molecule has 0 N–H and O–H groups in total. The predicted molar refractivity (Wildman–Crippen MR) is 89.1 cm³/mol. The number of aromatic nitrogens is 2. The van der Waals surface area contributed by atoms with Crippen molar-refractivity contribution in [2.24, 2.45) is 5.92 Å². The van der Waals surface area contributed by atoms with Gasteiger partial charge in [0.25, 0.3) is 0 Å². The van der Waals surface area contributed by atoms with Crippen LogP contribution in [0.3, 0.4) is 0 Å². The van der Waals surface area contributed by atoms with Crippen molar-refractivity contribution < 1.29 is 0 Å². The summed E-state index contributed by atoms with van der Waals surface area (Å²) in [5.41, 5.74) is 0. The van der Waals surface area contributed by atoms with Crippen molar-refractivity contribution in [2.75, 3.05) is 4.90 Å². The Morgan fingerprint density at radius 1 is 1.29 bits per heavy atom. The van der Waals surface area contributed by atoms with Gasteiger partial charge >= 0.3 is 0 Å². The molecule has 0 bridgehead atoms. The molecule has 3 heterocycles. The van der Waals surface area contributed by atoms with Crippen molar-refractivity contribution >= 4 is 27.4 Å². The minimum Gasteiger partial charge on any atom is -0.350 e. The van der Waals surface area contributed by atoms with Crippen LogP contribution in [0.5, 0.6) is 0 Å². The van der Waals surface area contributed by atoms with Crippen LogP contribution in [0.2, 0.25) is 0 Å². The third kappa shape index (κ3) is 2.15. The highest BCUT2D eigenvalue weighted by molar-refractivity contribution is 7.18. The highest BCUT2D eigenvalue weighted by Crippen LogP contribution is 2.43. The van der Waals surface area contributed by atoms with Gasteiger partial charge in [0.15, 0.2) is 0 Å². The van der Waals surface area contributed by atoms with Crippen molar-refractivity contribution in [3.63, 3.8) is 0 Å². The second-order valence-electron chi connectivity index (χ2n) is 6.59. The van der Waals surface area contributed by atoms with Crippen molar-refractivity contribution in [3.8, 4) is 0 Å². The summed E-state index contributed by atoms with van der Waals surface area (Å²) in [4.78, 5) is 14.4. The molecule has 4 rings (SSSR count). The minimum absolute atomic E-state index is 0.612. The van der Waals surface area contributed by atoms with Gasteiger partial charge in [0, 0.05) is 17.0 Å². The lowest BCUT2D eigenvalue weighted by Crippen LogP contribution is -2.38. The fraction of sp³-hybridized carbons (Fsp3) is 0.647. The van der Waals surface area contributed by atoms with E-state index in [4.69, 9.17) is 4.98 Å². The maximum absolute atomic E-state index is 4.70. The molecular weight excluding hydrogens is 278 g/mol. The topological polar surface area (TPSA) is 29.0 Å². The van der Waals surface area contributed by atoms with Crippen molar-refractivity contribution in [3.05, 3.63) is 17.3 Å². The molecule has 112 valence electrons. The summed E-state index contributed by atoms with van der Waals surface area (Å²) < 4.78 is 0. The fourth-order valence-corrected chi connectivity index (χ4v) is 5.28. The van der Waals surface area contributed by atoms with Crippen LogP contribution in [-0.2, 0) is 6.42 Å². The fourth-order valence-electron chi connectivity index (χ4n) is 4.35. The summed E-state index contributed by atoms with van der Waals surface area (Å²) >= 11 is 1.82. The summed E-state index contributed by atoms with van der Waals surface area (Å²) in [6, 6.07) is 3.64. The number of anilines is 1. The minimum atomic E-state index is 0.612. The Kier molecular flexibility index (Phi) is 3.37. The summed E-state index contributed by atoms with van der Waals surface area (Å²) in [7, 11) is 0. The molecular formula is C17H23N3S. The van der Waals surface area contributed by atoms with E-state index in [0.29, 0.717) is 12.1 Å². The Bertz CT molecular complexity index is 651. The molecule has 2 aromatic rings. The van der Waals surface area contributed by atoms with Gasteiger partial charge in [-0.05, 0) is 44.6 Å². The van der Waals surface area contributed by atoms with Crippen LogP contribution in [0.25, 0.3) is 10.2 Å². The molecule has 1 aliphatic carbocycles. The van der Waals surface area contributed by atoms with Crippen LogP contribution in [0.4, 0.5) is 5.82 Å². The highest BCUT2D eigenvalue weighted by atomic mass is 32.1. The standard InChI is InChI=1S/C17H23N3S/c1-3-13-9-14-16(18-10-19-17(14)21-13)20-11(2)8-12-6-4-5-7-15(12)20/h9-12,15H,3-8H2,1-2H3/t11-,12+,15-/m1/s1. The Labute approximate surface area is 130 Å². The maximum atomic E-state index is 4.70. The Morgan fingerprint density at radius 2 is 2.14 bits per heavy atom. The van der Waals surface area contributed by atoms with Crippen LogP contribution in [0.15, 0.2) is 12.4 Å². The number of fused-ring (bicyclic) bond motifs is 2. The monoisotopic (exact) mass is 301 g/mol. The van der Waals surface area contributed by atoms with Crippen molar-refractivity contribution in [1.82, 2.24) is 9.97 Å². The van der Waals surface area contributed by atoms with E-state index >= 15 is 0 Å². The first-order chi connectivity index (χ1) is 10.3. The van der Waals surface area contributed by atoms with Crippen molar-refractivity contribution in [1.29, 1.82) is 0 Å². The second kappa shape index (κ2) is 5.24. The first kappa shape index (κ1) is 13.5. The van der Waals surface area contributed by atoms with Crippen LogP contribution in [-0.4, -0.2) is 22.1 Å². The van der Waals surface area contributed by atoms with E-state index in [9.17, 15) is 0 Å². The molecule has 4 heteroatoms. The van der Waals surface area contributed by atoms with Gasteiger partial charge in [-0.3, -0.25) is 0 Å². The second-order valence-corrected chi connectivity index (χ2v) is 7.70. The van der Waals surface area contributed by atoms with Crippen LogP contribution < -0.4 is 4.90 Å². The van der Waals surface area contributed by atoms with Gasteiger partial charge in [-0.15, -0.1) is 11.3 Å². The molecule has 2 aromatic heterocycles. The largest absolute Gasteiger partial charge is 0.350 e. The molecule has 0 amide bonds. The lowest BCUT2D eigenvalue weighted by molar-refractivity contribution is 0.341. The van der Waals surface area contributed by atoms with Crippen LogP contribution in [0, 0.1) is 5.92 Å².